The van der Waals surface area contributed by atoms with E-state index in [0.29, 0.717) is 18.0 Å². The molecule has 0 radical (unpaired) electrons. The molecule has 1 aromatic carbocycles. The molecule has 0 saturated carbocycles. The van der Waals surface area contributed by atoms with Crippen molar-refractivity contribution < 1.29 is 4.74 Å². The van der Waals surface area contributed by atoms with E-state index in [-0.39, 0.29) is 30.0 Å². The first-order valence-corrected chi connectivity index (χ1v) is 8.24. The molecule has 1 atom stereocenters. The van der Waals surface area contributed by atoms with Gasteiger partial charge in [-0.25, -0.2) is 0 Å². The Balaban J connectivity index is 0.00000264. The van der Waals surface area contributed by atoms with E-state index in [1.165, 1.54) is 18.4 Å². The summed E-state index contributed by atoms with van der Waals surface area (Å²) < 4.78 is 5.66. The van der Waals surface area contributed by atoms with Crippen molar-refractivity contribution in [3.8, 4) is 5.75 Å². The van der Waals surface area contributed by atoms with E-state index < -0.39 is 0 Å². The maximum Gasteiger partial charge on any atom is 0.189 e. The van der Waals surface area contributed by atoms with Crippen LogP contribution < -0.4 is 15.8 Å². The summed E-state index contributed by atoms with van der Waals surface area (Å²) in [5.41, 5.74) is 7.60. The molecule has 0 amide bonds. The molecular formula is C18H30IN3O. The highest BCUT2D eigenvalue weighted by Gasteiger charge is 2.21. The van der Waals surface area contributed by atoms with Gasteiger partial charge in [-0.05, 0) is 24.3 Å². The number of aliphatic imine (C=N–C) groups is 1. The van der Waals surface area contributed by atoms with Crippen LogP contribution in [-0.4, -0.2) is 19.1 Å². The summed E-state index contributed by atoms with van der Waals surface area (Å²) >= 11 is 0. The lowest BCUT2D eigenvalue weighted by molar-refractivity contribution is 0.262. The monoisotopic (exact) mass is 431 g/mol. The second-order valence-electron chi connectivity index (χ2n) is 7.16. The number of halogens is 1. The standard InChI is InChI=1S/C18H29N3O.HI/c1-18(2,3)11-6-7-12-20-17(19)21-15-10-13-22-16-9-5-4-8-14(15)16;/h4-5,8-9,15H,6-7,10-13H2,1-3H3,(H3,19,20,21);1H. The van der Waals surface area contributed by atoms with Crippen LogP contribution in [0.4, 0.5) is 0 Å². The first-order valence-electron chi connectivity index (χ1n) is 8.24. The van der Waals surface area contributed by atoms with E-state index in [0.717, 1.165) is 25.1 Å². The van der Waals surface area contributed by atoms with Gasteiger partial charge in [0.2, 0.25) is 0 Å². The van der Waals surface area contributed by atoms with Crippen LogP contribution in [-0.2, 0) is 0 Å². The molecule has 0 saturated heterocycles. The van der Waals surface area contributed by atoms with Crippen LogP contribution in [0.2, 0.25) is 0 Å². The topological polar surface area (TPSA) is 59.6 Å². The quantitative estimate of drug-likeness (QED) is 0.317. The minimum Gasteiger partial charge on any atom is -0.493 e. The maximum atomic E-state index is 6.03. The summed E-state index contributed by atoms with van der Waals surface area (Å²) in [4.78, 5) is 4.45. The van der Waals surface area contributed by atoms with Gasteiger partial charge in [0, 0.05) is 18.5 Å². The first kappa shape index (κ1) is 20.1. The predicted octanol–water partition coefficient (Wildman–Crippen LogP) is 4.25. The van der Waals surface area contributed by atoms with E-state index in [4.69, 9.17) is 10.5 Å². The lowest BCUT2D eigenvalue weighted by atomic mass is 9.90. The molecule has 1 aliphatic rings. The first-order chi connectivity index (χ1) is 10.5. The number of hydrogen-bond donors (Lipinski definition) is 2. The zero-order chi connectivity index (χ0) is 16.0. The summed E-state index contributed by atoms with van der Waals surface area (Å²) in [6.45, 7) is 8.33. The van der Waals surface area contributed by atoms with E-state index in [2.05, 4.69) is 37.1 Å². The highest BCUT2D eigenvalue weighted by Crippen LogP contribution is 2.31. The number of nitrogens with one attached hydrogen (secondary N) is 1. The van der Waals surface area contributed by atoms with Crippen LogP contribution in [0.3, 0.4) is 0 Å². The molecule has 3 N–H and O–H groups in total. The molecule has 5 heteroatoms. The number of hydrogen-bond acceptors (Lipinski definition) is 2. The molecule has 4 nitrogen and oxygen atoms in total. The highest BCUT2D eigenvalue weighted by atomic mass is 127. The van der Waals surface area contributed by atoms with Gasteiger partial charge in [-0.2, -0.15) is 0 Å². The van der Waals surface area contributed by atoms with Crippen LogP contribution in [0.25, 0.3) is 0 Å². The van der Waals surface area contributed by atoms with Crippen LogP contribution in [0.5, 0.6) is 5.75 Å². The third-order valence-corrected chi connectivity index (χ3v) is 3.90. The number of nitrogens with zero attached hydrogens (tertiary/aromatic N) is 1. The Morgan fingerprint density at radius 3 is 2.78 bits per heavy atom. The molecule has 1 heterocycles. The highest BCUT2D eigenvalue weighted by molar-refractivity contribution is 14.0. The Hall–Kier alpha value is -0.980. The number of benzene rings is 1. The average molecular weight is 431 g/mol. The van der Waals surface area contributed by atoms with Crippen molar-refractivity contribution in [2.45, 2.75) is 52.5 Å². The average Bonchev–Trinajstić information content (AvgIpc) is 2.46. The lowest BCUT2D eigenvalue weighted by Crippen LogP contribution is -2.37. The number of unbranched alkanes of at least 4 members (excludes halogenated alkanes) is 1. The molecule has 0 spiro atoms. The number of rotatable bonds is 5. The third-order valence-electron chi connectivity index (χ3n) is 3.90. The molecule has 130 valence electrons. The Bertz CT molecular complexity index is 511. The van der Waals surface area contributed by atoms with Gasteiger partial charge in [0.15, 0.2) is 5.96 Å². The van der Waals surface area contributed by atoms with Crippen molar-refractivity contribution in [1.29, 1.82) is 0 Å². The Labute approximate surface area is 157 Å². The smallest absolute Gasteiger partial charge is 0.189 e. The predicted molar refractivity (Wildman–Crippen MR) is 108 cm³/mol. The number of para-hydroxylation sites is 1. The van der Waals surface area contributed by atoms with Crippen LogP contribution in [0.15, 0.2) is 29.3 Å². The van der Waals surface area contributed by atoms with Gasteiger partial charge in [-0.1, -0.05) is 45.4 Å². The summed E-state index contributed by atoms with van der Waals surface area (Å²) in [5.74, 6) is 1.49. The van der Waals surface area contributed by atoms with Gasteiger partial charge >= 0.3 is 0 Å². The normalized spacial score (nSPS) is 17.7. The zero-order valence-electron chi connectivity index (χ0n) is 14.5. The van der Waals surface area contributed by atoms with Crippen molar-refractivity contribution in [1.82, 2.24) is 5.32 Å². The van der Waals surface area contributed by atoms with Gasteiger partial charge in [0.1, 0.15) is 5.75 Å². The summed E-state index contributed by atoms with van der Waals surface area (Å²) in [6.07, 6.45) is 4.42. The van der Waals surface area contributed by atoms with E-state index in [1.807, 2.05) is 18.2 Å². The Kier molecular flexibility index (Phi) is 8.16. The summed E-state index contributed by atoms with van der Waals surface area (Å²) in [6, 6.07) is 8.31. The van der Waals surface area contributed by atoms with Crippen molar-refractivity contribution in [3.63, 3.8) is 0 Å². The van der Waals surface area contributed by atoms with Gasteiger partial charge in [0.25, 0.3) is 0 Å². The fraction of sp³-hybridized carbons (Fsp3) is 0.611. The van der Waals surface area contributed by atoms with E-state index >= 15 is 0 Å². The molecular weight excluding hydrogens is 401 g/mol. The fourth-order valence-corrected chi connectivity index (χ4v) is 2.68. The van der Waals surface area contributed by atoms with Crippen LogP contribution in [0.1, 0.15) is 58.1 Å². The second kappa shape index (κ2) is 9.35. The molecule has 23 heavy (non-hydrogen) atoms. The SMILES string of the molecule is CC(C)(C)CCCCN=C(N)NC1CCOc2ccccc21.I. The Morgan fingerprint density at radius 1 is 1.30 bits per heavy atom. The van der Waals surface area contributed by atoms with Crippen molar-refractivity contribution >= 4 is 29.9 Å². The zero-order valence-corrected chi connectivity index (χ0v) is 16.8. The number of nitrogens with two attached hydrogens (primary N) is 1. The minimum atomic E-state index is 0. The third kappa shape index (κ3) is 6.97. The van der Waals surface area contributed by atoms with Crippen molar-refractivity contribution in [3.05, 3.63) is 29.8 Å². The van der Waals surface area contributed by atoms with Gasteiger partial charge in [0.05, 0.1) is 12.6 Å². The van der Waals surface area contributed by atoms with Crippen LogP contribution >= 0.6 is 24.0 Å². The molecule has 0 aromatic heterocycles. The lowest BCUT2D eigenvalue weighted by Gasteiger charge is -2.26. The molecule has 2 rings (SSSR count). The van der Waals surface area contributed by atoms with E-state index in [1.54, 1.807) is 0 Å². The maximum absolute atomic E-state index is 6.03. The number of ether oxygens (including phenoxy) is 1. The van der Waals surface area contributed by atoms with Gasteiger partial charge in [-0.15, -0.1) is 24.0 Å². The molecule has 1 aliphatic heterocycles. The fourth-order valence-electron chi connectivity index (χ4n) is 2.68. The number of guanidine groups is 1. The van der Waals surface area contributed by atoms with Crippen molar-refractivity contribution in [2.24, 2.45) is 16.1 Å². The molecule has 0 aliphatic carbocycles. The summed E-state index contributed by atoms with van der Waals surface area (Å²) in [5, 5.41) is 3.33. The van der Waals surface area contributed by atoms with Gasteiger partial charge in [-0.3, -0.25) is 4.99 Å². The van der Waals surface area contributed by atoms with Crippen molar-refractivity contribution in [2.75, 3.05) is 13.2 Å². The van der Waals surface area contributed by atoms with E-state index in [9.17, 15) is 0 Å². The Morgan fingerprint density at radius 2 is 2.04 bits per heavy atom. The molecule has 0 fully saturated rings. The second-order valence-corrected chi connectivity index (χ2v) is 7.16. The number of fused-ring (bicyclic) bond motifs is 1. The van der Waals surface area contributed by atoms with Crippen LogP contribution in [0, 0.1) is 5.41 Å². The summed E-state index contributed by atoms with van der Waals surface area (Å²) in [7, 11) is 0. The van der Waals surface area contributed by atoms with Gasteiger partial charge < -0.3 is 15.8 Å². The minimum absolute atomic E-state index is 0. The molecule has 0 bridgehead atoms. The molecule has 1 unspecified atom stereocenters. The largest absolute Gasteiger partial charge is 0.493 e. The molecule has 1 aromatic rings.